The summed E-state index contributed by atoms with van der Waals surface area (Å²) in [5.41, 5.74) is 0.163. The predicted molar refractivity (Wildman–Crippen MR) is 59.2 cm³/mol. The molecule has 2 aliphatic rings. The van der Waals surface area contributed by atoms with Gasteiger partial charge in [0.1, 0.15) is 0 Å². The van der Waals surface area contributed by atoms with Gasteiger partial charge in [-0.2, -0.15) is 0 Å². The molecule has 1 fully saturated rings. The first-order valence-electron chi connectivity index (χ1n) is 6.04. The fourth-order valence-corrected chi connectivity index (χ4v) is 3.23. The Morgan fingerprint density at radius 3 is 2.71 bits per heavy atom. The third-order valence-electron chi connectivity index (χ3n) is 4.41. The largest absolute Gasteiger partial charge is 0.374 e. The zero-order chi connectivity index (χ0) is 10.2. The Labute approximate surface area is 87.5 Å². The zero-order valence-electron chi connectivity index (χ0n) is 9.62. The van der Waals surface area contributed by atoms with Gasteiger partial charge in [0.15, 0.2) is 0 Å². The lowest BCUT2D eigenvalue weighted by atomic mass is 9.70. The standard InChI is InChI=1S/C13H22O/c1-4-13(5-2)12-8-6-7-10(3)11(12)9-14-13/h6,8,10-12H,4-5,7,9H2,1-3H3. The molecule has 0 aromatic rings. The summed E-state index contributed by atoms with van der Waals surface area (Å²) < 4.78 is 6.11. The highest BCUT2D eigenvalue weighted by Gasteiger charge is 2.48. The first kappa shape index (κ1) is 10.2. The van der Waals surface area contributed by atoms with Gasteiger partial charge in [-0.25, -0.2) is 0 Å². The van der Waals surface area contributed by atoms with Crippen molar-refractivity contribution in [3.05, 3.63) is 12.2 Å². The second-order valence-electron chi connectivity index (χ2n) is 4.91. The Bertz CT molecular complexity index is 227. The number of fused-ring (bicyclic) bond motifs is 1. The van der Waals surface area contributed by atoms with E-state index in [9.17, 15) is 0 Å². The molecule has 14 heavy (non-hydrogen) atoms. The minimum atomic E-state index is 0.163. The van der Waals surface area contributed by atoms with Gasteiger partial charge in [0, 0.05) is 5.92 Å². The summed E-state index contributed by atoms with van der Waals surface area (Å²) >= 11 is 0. The maximum Gasteiger partial charge on any atom is 0.0743 e. The van der Waals surface area contributed by atoms with Crippen LogP contribution in [0.1, 0.15) is 40.0 Å². The predicted octanol–water partition coefficient (Wildman–Crippen LogP) is 3.40. The molecule has 0 N–H and O–H groups in total. The first-order valence-corrected chi connectivity index (χ1v) is 6.04. The number of hydrogen-bond acceptors (Lipinski definition) is 1. The van der Waals surface area contributed by atoms with Crippen LogP contribution in [0.3, 0.4) is 0 Å². The molecule has 1 nitrogen and oxygen atoms in total. The van der Waals surface area contributed by atoms with E-state index >= 15 is 0 Å². The van der Waals surface area contributed by atoms with Gasteiger partial charge in [-0.1, -0.05) is 32.9 Å². The van der Waals surface area contributed by atoms with Crippen molar-refractivity contribution in [2.24, 2.45) is 17.8 Å². The van der Waals surface area contributed by atoms with Crippen molar-refractivity contribution in [1.82, 2.24) is 0 Å². The summed E-state index contributed by atoms with van der Waals surface area (Å²) in [6, 6.07) is 0. The first-order chi connectivity index (χ1) is 6.73. The lowest BCUT2D eigenvalue weighted by molar-refractivity contribution is -0.0181. The van der Waals surface area contributed by atoms with E-state index in [1.807, 2.05) is 0 Å². The van der Waals surface area contributed by atoms with Crippen molar-refractivity contribution in [2.75, 3.05) is 6.61 Å². The lowest BCUT2D eigenvalue weighted by Gasteiger charge is -2.35. The van der Waals surface area contributed by atoms with E-state index < -0.39 is 0 Å². The number of rotatable bonds is 2. The van der Waals surface area contributed by atoms with Crippen LogP contribution in [0, 0.1) is 17.8 Å². The number of ether oxygens (including phenoxy) is 1. The second-order valence-corrected chi connectivity index (χ2v) is 4.91. The summed E-state index contributed by atoms with van der Waals surface area (Å²) in [5.74, 6) is 2.27. The summed E-state index contributed by atoms with van der Waals surface area (Å²) in [7, 11) is 0. The van der Waals surface area contributed by atoms with E-state index in [4.69, 9.17) is 4.74 Å². The summed E-state index contributed by atoms with van der Waals surface area (Å²) in [6.45, 7) is 7.88. The van der Waals surface area contributed by atoms with E-state index in [1.54, 1.807) is 0 Å². The number of hydrogen-bond donors (Lipinski definition) is 0. The molecule has 1 heteroatoms. The van der Waals surface area contributed by atoms with Crippen LogP contribution in [0.25, 0.3) is 0 Å². The van der Waals surface area contributed by atoms with Crippen LogP contribution in [0.5, 0.6) is 0 Å². The molecule has 0 bridgehead atoms. The second kappa shape index (κ2) is 3.69. The molecule has 0 amide bonds. The molecule has 0 spiro atoms. The monoisotopic (exact) mass is 194 g/mol. The Kier molecular flexibility index (Phi) is 2.70. The molecule has 1 saturated heterocycles. The molecule has 2 rings (SSSR count). The average Bonchev–Trinajstić information content (AvgIpc) is 2.59. The fourth-order valence-electron chi connectivity index (χ4n) is 3.23. The SMILES string of the molecule is CCC1(CC)OCC2C(C)CC=CC21. The van der Waals surface area contributed by atoms with Crippen LogP contribution in [0.2, 0.25) is 0 Å². The van der Waals surface area contributed by atoms with Gasteiger partial charge in [0.2, 0.25) is 0 Å². The van der Waals surface area contributed by atoms with Gasteiger partial charge in [-0.05, 0) is 31.1 Å². The third-order valence-corrected chi connectivity index (χ3v) is 4.41. The van der Waals surface area contributed by atoms with Crippen molar-refractivity contribution in [3.8, 4) is 0 Å². The Morgan fingerprint density at radius 2 is 2.07 bits per heavy atom. The van der Waals surface area contributed by atoms with Crippen LogP contribution in [-0.4, -0.2) is 12.2 Å². The Balaban J connectivity index is 2.25. The highest BCUT2D eigenvalue weighted by atomic mass is 16.5. The van der Waals surface area contributed by atoms with Crippen LogP contribution < -0.4 is 0 Å². The third kappa shape index (κ3) is 1.33. The molecule has 1 aliphatic carbocycles. The van der Waals surface area contributed by atoms with E-state index in [2.05, 4.69) is 32.9 Å². The summed E-state index contributed by atoms with van der Waals surface area (Å²) in [4.78, 5) is 0. The molecule has 0 saturated carbocycles. The molecular formula is C13H22O. The summed E-state index contributed by atoms with van der Waals surface area (Å²) in [5, 5.41) is 0. The van der Waals surface area contributed by atoms with Crippen LogP contribution in [0.15, 0.2) is 12.2 Å². The molecule has 3 unspecified atom stereocenters. The molecule has 0 aromatic heterocycles. The molecule has 0 radical (unpaired) electrons. The minimum Gasteiger partial charge on any atom is -0.374 e. The van der Waals surface area contributed by atoms with Gasteiger partial charge in [0.25, 0.3) is 0 Å². The van der Waals surface area contributed by atoms with Crippen LogP contribution >= 0.6 is 0 Å². The Hall–Kier alpha value is -0.300. The molecule has 3 atom stereocenters. The van der Waals surface area contributed by atoms with Crippen molar-refractivity contribution in [1.29, 1.82) is 0 Å². The quantitative estimate of drug-likeness (QED) is 0.612. The highest BCUT2D eigenvalue weighted by molar-refractivity contribution is 5.10. The van der Waals surface area contributed by atoms with Crippen LogP contribution in [-0.2, 0) is 4.74 Å². The van der Waals surface area contributed by atoms with E-state index in [1.165, 1.54) is 6.42 Å². The molecule has 1 aliphatic heterocycles. The van der Waals surface area contributed by atoms with E-state index in [0.717, 1.165) is 31.3 Å². The smallest absolute Gasteiger partial charge is 0.0743 e. The van der Waals surface area contributed by atoms with Gasteiger partial charge in [0.05, 0.1) is 12.2 Å². The van der Waals surface area contributed by atoms with E-state index in [-0.39, 0.29) is 5.60 Å². The lowest BCUT2D eigenvalue weighted by Crippen LogP contribution is -2.36. The van der Waals surface area contributed by atoms with Crippen molar-refractivity contribution < 1.29 is 4.74 Å². The number of allylic oxidation sites excluding steroid dienone is 1. The highest BCUT2D eigenvalue weighted by Crippen LogP contribution is 2.47. The zero-order valence-corrected chi connectivity index (χ0v) is 9.62. The summed E-state index contributed by atoms with van der Waals surface area (Å²) in [6.07, 6.45) is 8.34. The molecule has 1 heterocycles. The molecular weight excluding hydrogens is 172 g/mol. The van der Waals surface area contributed by atoms with Crippen molar-refractivity contribution in [3.63, 3.8) is 0 Å². The molecule has 0 aromatic carbocycles. The molecule has 80 valence electrons. The van der Waals surface area contributed by atoms with Crippen LogP contribution in [0.4, 0.5) is 0 Å². The van der Waals surface area contributed by atoms with Crippen molar-refractivity contribution >= 4 is 0 Å². The fraction of sp³-hybridized carbons (Fsp3) is 0.846. The average molecular weight is 194 g/mol. The van der Waals surface area contributed by atoms with Gasteiger partial charge >= 0.3 is 0 Å². The topological polar surface area (TPSA) is 9.23 Å². The Morgan fingerprint density at radius 1 is 1.36 bits per heavy atom. The van der Waals surface area contributed by atoms with Gasteiger partial charge in [-0.3, -0.25) is 0 Å². The maximum atomic E-state index is 6.11. The normalized spacial score (nSPS) is 39.8. The van der Waals surface area contributed by atoms with Gasteiger partial charge in [-0.15, -0.1) is 0 Å². The maximum absolute atomic E-state index is 6.11. The van der Waals surface area contributed by atoms with E-state index in [0.29, 0.717) is 5.92 Å². The van der Waals surface area contributed by atoms with Gasteiger partial charge < -0.3 is 4.74 Å². The van der Waals surface area contributed by atoms with Crippen molar-refractivity contribution in [2.45, 2.75) is 45.6 Å². The minimum absolute atomic E-state index is 0.163.